The van der Waals surface area contributed by atoms with Gasteiger partial charge in [0.15, 0.2) is 11.6 Å². The minimum Gasteiger partial charge on any atom is -0.396 e. The van der Waals surface area contributed by atoms with Crippen molar-refractivity contribution in [3.05, 3.63) is 35.4 Å². The summed E-state index contributed by atoms with van der Waals surface area (Å²) in [5.41, 5.74) is -0.390. The lowest BCUT2D eigenvalue weighted by atomic mass is 9.71. The van der Waals surface area contributed by atoms with Crippen molar-refractivity contribution < 1.29 is 18.6 Å². The zero-order valence-electron chi connectivity index (χ0n) is 10.6. The highest BCUT2D eigenvalue weighted by Gasteiger charge is 2.47. The van der Waals surface area contributed by atoms with Crippen LogP contribution in [0.5, 0.6) is 0 Å². The molecule has 1 aromatic carbocycles. The van der Waals surface area contributed by atoms with Gasteiger partial charge in [0.25, 0.3) is 0 Å². The van der Waals surface area contributed by atoms with E-state index in [0.717, 1.165) is 12.5 Å². The molecule has 100 valence electrons. The predicted molar refractivity (Wildman–Crippen MR) is 64.3 cm³/mol. The number of rotatable bonds is 3. The molecule has 2 nitrogen and oxygen atoms in total. The van der Waals surface area contributed by atoms with Crippen LogP contribution < -0.4 is 0 Å². The summed E-state index contributed by atoms with van der Waals surface area (Å²) in [6.07, 6.45) is 0.639. The minimum absolute atomic E-state index is 0.0923. The van der Waals surface area contributed by atoms with Gasteiger partial charge in [-0.1, -0.05) is 26.0 Å². The minimum atomic E-state index is -0.856. The molecule has 0 amide bonds. The molecule has 3 unspecified atom stereocenters. The van der Waals surface area contributed by atoms with Crippen molar-refractivity contribution >= 4 is 0 Å². The third kappa shape index (κ3) is 1.93. The highest BCUT2D eigenvalue weighted by molar-refractivity contribution is 5.30. The normalized spacial score (nSPS) is 31.8. The van der Waals surface area contributed by atoms with Crippen LogP contribution in [0, 0.1) is 17.6 Å². The standard InChI is InChI=1S/C14H18F2O2/c1-3-12-10(7-17)14(2,8-18-12)9-5-4-6-11(15)13(9)16/h4-6,10,12,17H,3,7-8H2,1-2H3. The SMILES string of the molecule is CCC1OCC(C)(c2cccc(F)c2F)C1CO. The molecule has 1 N–H and O–H groups in total. The number of hydrogen-bond donors (Lipinski definition) is 1. The summed E-state index contributed by atoms with van der Waals surface area (Å²) in [6, 6.07) is 4.17. The van der Waals surface area contributed by atoms with Gasteiger partial charge in [0.1, 0.15) is 0 Å². The third-order valence-electron chi connectivity index (χ3n) is 4.03. The number of hydrogen-bond acceptors (Lipinski definition) is 2. The summed E-state index contributed by atoms with van der Waals surface area (Å²) in [6.45, 7) is 3.99. The summed E-state index contributed by atoms with van der Waals surface area (Å²) in [5.74, 6) is -1.90. The number of halogens is 2. The highest BCUT2D eigenvalue weighted by atomic mass is 19.2. The van der Waals surface area contributed by atoms with Gasteiger partial charge in [-0.2, -0.15) is 0 Å². The molecule has 2 rings (SSSR count). The van der Waals surface area contributed by atoms with E-state index in [-0.39, 0.29) is 24.2 Å². The molecule has 0 aromatic heterocycles. The second kappa shape index (κ2) is 4.94. The Morgan fingerprint density at radius 3 is 2.78 bits per heavy atom. The van der Waals surface area contributed by atoms with E-state index >= 15 is 0 Å². The molecule has 1 aliphatic heterocycles. The molecule has 1 saturated heterocycles. The predicted octanol–water partition coefficient (Wildman–Crippen LogP) is 2.64. The van der Waals surface area contributed by atoms with Crippen LogP contribution in [-0.4, -0.2) is 24.4 Å². The number of ether oxygens (including phenoxy) is 1. The van der Waals surface area contributed by atoms with Gasteiger partial charge in [0, 0.05) is 17.9 Å². The first-order chi connectivity index (χ1) is 8.54. The van der Waals surface area contributed by atoms with Crippen LogP contribution in [0.3, 0.4) is 0 Å². The lowest BCUT2D eigenvalue weighted by molar-refractivity contribution is 0.0693. The molecule has 0 bridgehead atoms. The Morgan fingerprint density at radius 2 is 2.17 bits per heavy atom. The van der Waals surface area contributed by atoms with Crippen molar-refractivity contribution in [2.45, 2.75) is 31.8 Å². The van der Waals surface area contributed by atoms with Crippen molar-refractivity contribution in [3.63, 3.8) is 0 Å². The van der Waals surface area contributed by atoms with E-state index in [0.29, 0.717) is 6.61 Å². The molecule has 18 heavy (non-hydrogen) atoms. The summed E-state index contributed by atoms with van der Waals surface area (Å²) < 4.78 is 32.9. The van der Waals surface area contributed by atoms with Crippen LogP contribution in [0.2, 0.25) is 0 Å². The smallest absolute Gasteiger partial charge is 0.162 e. The fourth-order valence-electron chi connectivity index (χ4n) is 2.86. The first kappa shape index (κ1) is 13.4. The summed E-state index contributed by atoms with van der Waals surface area (Å²) in [7, 11) is 0. The van der Waals surface area contributed by atoms with Gasteiger partial charge in [-0.3, -0.25) is 0 Å². The molecule has 1 aromatic rings. The van der Waals surface area contributed by atoms with Crippen molar-refractivity contribution in [2.24, 2.45) is 5.92 Å². The lowest BCUT2D eigenvalue weighted by Gasteiger charge is -2.31. The fourth-order valence-corrected chi connectivity index (χ4v) is 2.86. The van der Waals surface area contributed by atoms with Crippen molar-refractivity contribution in [2.75, 3.05) is 13.2 Å². The molecule has 3 atom stereocenters. The Morgan fingerprint density at radius 1 is 1.44 bits per heavy atom. The first-order valence-electron chi connectivity index (χ1n) is 6.21. The van der Waals surface area contributed by atoms with Crippen LogP contribution >= 0.6 is 0 Å². The van der Waals surface area contributed by atoms with E-state index in [9.17, 15) is 13.9 Å². The van der Waals surface area contributed by atoms with Crippen LogP contribution in [0.4, 0.5) is 8.78 Å². The van der Waals surface area contributed by atoms with Crippen LogP contribution in [0.1, 0.15) is 25.8 Å². The number of aliphatic hydroxyl groups excluding tert-OH is 1. The molecule has 1 fully saturated rings. The fraction of sp³-hybridized carbons (Fsp3) is 0.571. The van der Waals surface area contributed by atoms with Crippen molar-refractivity contribution in [3.8, 4) is 0 Å². The molecule has 0 radical (unpaired) electrons. The van der Waals surface area contributed by atoms with Gasteiger partial charge >= 0.3 is 0 Å². The molecule has 0 spiro atoms. The van der Waals surface area contributed by atoms with E-state index in [1.54, 1.807) is 6.07 Å². The quantitative estimate of drug-likeness (QED) is 0.901. The summed E-state index contributed by atoms with van der Waals surface area (Å²) >= 11 is 0. The monoisotopic (exact) mass is 256 g/mol. The van der Waals surface area contributed by atoms with E-state index in [2.05, 4.69) is 0 Å². The van der Waals surface area contributed by atoms with Gasteiger partial charge in [-0.15, -0.1) is 0 Å². The van der Waals surface area contributed by atoms with E-state index < -0.39 is 17.0 Å². The zero-order chi connectivity index (χ0) is 13.3. The van der Waals surface area contributed by atoms with Gasteiger partial charge in [0.05, 0.1) is 12.7 Å². The third-order valence-corrected chi connectivity index (χ3v) is 4.03. The average molecular weight is 256 g/mol. The van der Waals surface area contributed by atoms with Gasteiger partial charge in [0.2, 0.25) is 0 Å². The Balaban J connectivity index is 2.45. The molecular weight excluding hydrogens is 238 g/mol. The zero-order valence-corrected chi connectivity index (χ0v) is 10.6. The molecule has 1 aliphatic rings. The van der Waals surface area contributed by atoms with Crippen molar-refractivity contribution in [1.29, 1.82) is 0 Å². The molecule has 0 aliphatic carbocycles. The molecular formula is C14H18F2O2. The first-order valence-corrected chi connectivity index (χ1v) is 6.21. The lowest BCUT2D eigenvalue weighted by Crippen LogP contribution is -2.37. The Bertz CT molecular complexity index is 436. The average Bonchev–Trinajstić information content (AvgIpc) is 2.70. The largest absolute Gasteiger partial charge is 0.396 e. The van der Waals surface area contributed by atoms with Crippen LogP contribution in [-0.2, 0) is 10.2 Å². The maximum absolute atomic E-state index is 13.9. The molecule has 4 heteroatoms. The van der Waals surface area contributed by atoms with E-state index in [1.165, 1.54) is 6.07 Å². The van der Waals surface area contributed by atoms with E-state index in [4.69, 9.17) is 4.74 Å². The molecule has 1 heterocycles. The summed E-state index contributed by atoms with van der Waals surface area (Å²) in [5, 5.41) is 9.53. The second-order valence-corrected chi connectivity index (χ2v) is 5.07. The Labute approximate surface area is 106 Å². The summed E-state index contributed by atoms with van der Waals surface area (Å²) in [4.78, 5) is 0. The van der Waals surface area contributed by atoms with Crippen molar-refractivity contribution in [1.82, 2.24) is 0 Å². The number of benzene rings is 1. The van der Waals surface area contributed by atoms with Gasteiger partial charge < -0.3 is 9.84 Å². The van der Waals surface area contributed by atoms with Crippen LogP contribution in [0.25, 0.3) is 0 Å². The van der Waals surface area contributed by atoms with Crippen LogP contribution in [0.15, 0.2) is 18.2 Å². The highest BCUT2D eigenvalue weighted by Crippen LogP contribution is 2.43. The van der Waals surface area contributed by atoms with Gasteiger partial charge in [-0.25, -0.2) is 8.78 Å². The topological polar surface area (TPSA) is 29.5 Å². The Hall–Kier alpha value is -1.00. The number of aliphatic hydroxyl groups is 1. The second-order valence-electron chi connectivity index (χ2n) is 5.07. The maximum atomic E-state index is 13.9. The maximum Gasteiger partial charge on any atom is 0.162 e. The van der Waals surface area contributed by atoms with E-state index in [1.807, 2.05) is 13.8 Å². The molecule has 0 saturated carbocycles. The van der Waals surface area contributed by atoms with Gasteiger partial charge in [-0.05, 0) is 18.1 Å². The Kier molecular flexibility index (Phi) is 3.69.